The van der Waals surface area contributed by atoms with Crippen molar-refractivity contribution in [3.63, 3.8) is 0 Å². The van der Waals surface area contributed by atoms with Crippen LogP contribution in [0.5, 0.6) is 11.5 Å². The maximum atomic E-state index is 14.9. The number of anilines is 2. The number of aryl methyl sites for hydroxylation is 2. The summed E-state index contributed by atoms with van der Waals surface area (Å²) in [4.78, 5) is 211. The van der Waals surface area contributed by atoms with Crippen molar-refractivity contribution in [2.24, 2.45) is 86.3 Å². The van der Waals surface area contributed by atoms with E-state index in [0.29, 0.717) is 35.1 Å². The van der Waals surface area contributed by atoms with Crippen molar-refractivity contribution < 1.29 is 255 Å². The van der Waals surface area contributed by atoms with E-state index in [2.05, 4.69) is 17.0 Å². The zero-order valence-electron chi connectivity index (χ0n) is 86.7. The van der Waals surface area contributed by atoms with Crippen LogP contribution < -0.4 is 153 Å². The molecule has 8 rings (SSSR count). The molecule has 0 spiro atoms. The zero-order chi connectivity index (χ0) is 103. The van der Waals surface area contributed by atoms with Gasteiger partial charge in [-0.1, -0.05) is 169 Å². The van der Waals surface area contributed by atoms with Gasteiger partial charge in [-0.2, -0.15) is 6.92 Å². The molecule has 0 aliphatic carbocycles. The topological polar surface area (TPSA) is 498 Å². The Morgan fingerprint density at radius 3 is 1.07 bits per heavy atom. The number of carboxylic acid groups (broad SMARTS) is 3. The average Bonchev–Trinajstić information content (AvgIpc) is 1.32. The normalized spacial score (nSPS) is 15.4. The fraction of sp³-hybridized carbons (Fsp3) is 0.495. The molecule has 2 aliphatic heterocycles. The Morgan fingerprint density at radius 1 is 0.436 bits per heavy atom. The number of ether oxygens (including phenoxy) is 5. The van der Waals surface area contributed by atoms with Crippen LogP contribution in [-0.4, -0.2) is 176 Å². The molecule has 0 bridgehead atoms. The number of aliphatic carboxylic acids is 3. The number of benzene rings is 6. The number of carbonyl (C=O) groups excluding carboxylic acids is 16. The van der Waals surface area contributed by atoms with Crippen molar-refractivity contribution >= 4 is 106 Å². The maximum Gasteiger partial charge on any atom is 1.00 e. The summed E-state index contributed by atoms with van der Waals surface area (Å²) in [5.41, 5.74) is -0.0450. The Bertz CT molecular complexity index is 4980. The first-order valence-electron chi connectivity index (χ1n) is 45.2. The van der Waals surface area contributed by atoms with Crippen LogP contribution >= 0.6 is 0 Å². The van der Waals surface area contributed by atoms with Gasteiger partial charge in [-0.05, 0) is 178 Å². The number of carboxylic acids is 3. The number of ketones is 5. The van der Waals surface area contributed by atoms with Gasteiger partial charge in [-0.3, -0.25) is 62.3 Å². The number of Topliss-reactive ketones (excluding diaryl/α,β-unsaturated/α-hetero) is 5. The largest absolute Gasteiger partial charge is 1.00 e. The molecule has 10 atom stereocenters. The van der Waals surface area contributed by atoms with Crippen LogP contribution in [0.25, 0.3) is 0 Å². The van der Waals surface area contributed by atoms with Gasteiger partial charge in [0.15, 0.2) is 28.9 Å². The minimum Gasteiger partial charge on any atom is -0.870 e. The standard InChI is InChI=1S/C63H82N2O18.C16H14O3.C12H17NO2.C10H16O3.C2H6O.C2H5.4Na.H2O/c1-15-60(5,6)50(59(79)82-41-27-23-38(24-28-41)46(67)31-45(66)37-19-17-35(3)18-20-37)44(54(73)74)34-63(11,12)49(57(77)81-30-29-64-51(68)39-21-25-40(26-22-39)65(13)14)43(53(71)72)33-62(9,10)48(56(76)80-16-2)42(52(69)70)32-61(7,8)47-36(4)55(75)83-58(47)78;1-11-2-4-12(5-3-11)15(18)10-16(19)13-6-8-14(17)9-7-13;1-13(2)11-7-5-10(6-8-11)12(15)4-3-9-14;1-5-10(3,4)7-6(2)8(11)13-9(7)12;1-2-3;1-2;;;;;/h17-28,36,42-44,47-50H,15-16,29-34H2,1-14H3,(H,64,68)(H,69,70)(H,71,72)(H,73,74);2-9,17H,10H2,1H3;5-8,14H,3-4,9H2,1-2H3;6-7H,5H2,1-4H3;3H,2H2,1H3;1H2,2H3;;;;;1H2/q;;;;;-1;4*+1;/p-4. The molecule has 2 heterocycles. The van der Waals surface area contributed by atoms with Gasteiger partial charge in [-0.15, -0.1) is 0 Å². The fourth-order valence-corrected chi connectivity index (χ4v) is 16.5. The van der Waals surface area contributed by atoms with Gasteiger partial charge in [-0.25, -0.2) is 0 Å². The van der Waals surface area contributed by atoms with E-state index in [-0.39, 0.29) is 232 Å². The third kappa shape index (κ3) is 41.0. The summed E-state index contributed by atoms with van der Waals surface area (Å²) in [5, 5.41) is 68.8. The predicted octanol–water partition coefficient (Wildman–Crippen LogP) is 0.227. The zero-order valence-corrected chi connectivity index (χ0v) is 94.7. The molecule has 2 saturated heterocycles. The number of cyclic esters (lactones) is 4. The second-order valence-electron chi connectivity index (χ2n) is 37.4. The van der Waals surface area contributed by atoms with E-state index in [9.17, 15) is 92.0 Å². The second-order valence-corrected chi connectivity index (χ2v) is 37.4. The molecule has 31 nitrogen and oxygen atoms in total. The number of hydrogen-bond acceptors (Lipinski definition) is 30. The first-order valence-corrected chi connectivity index (χ1v) is 45.2. The molecule has 6 aromatic rings. The molecule has 0 saturated carbocycles. The van der Waals surface area contributed by atoms with Crippen LogP contribution in [0.1, 0.15) is 249 Å². The van der Waals surface area contributed by atoms with E-state index in [1.807, 2.05) is 109 Å². The van der Waals surface area contributed by atoms with Gasteiger partial charge in [0, 0.05) is 128 Å². The van der Waals surface area contributed by atoms with Gasteiger partial charge in [0.05, 0.1) is 67.4 Å². The molecule has 6 aromatic carbocycles. The van der Waals surface area contributed by atoms with Gasteiger partial charge >= 0.3 is 160 Å². The number of phenols is 1. The Hall–Kier alpha value is -8.48. The van der Waals surface area contributed by atoms with Crippen LogP contribution in [0.15, 0.2) is 146 Å². The molecule has 746 valence electrons. The van der Waals surface area contributed by atoms with E-state index in [1.165, 1.54) is 104 Å². The van der Waals surface area contributed by atoms with E-state index < -0.39 is 167 Å². The van der Waals surface area contributed by atoms with E-state index in [4.69, 9.17) is 34.3 Å². The van der Waals surface area contributed by atoms with Crippen LogP contribution in [0.2, 0.25) is 0 Å². The van der Waals surface area contributed by atoms with Crippen LogP contribution in [0.3, 0.4) is 0 Å². The monoisotopic (exact) mass is 1980 g/mol. The van der Waals surface area contributed by atoms with Crippen molar-refractivity contribution in [3.05, 3.63) is 197 Å². The molecule has 5 N–H and O–H groups in total. The number of aliphatic hydroxyl groups excluding tert-OH is 2. The second kappa shape index (κ2) is 63.6. The van der Waals surface area contributed by atoms with Gasteiger partial charge < -0.3 is 96.2 Å². The van der Waals surface area contributed by atoms with Crippen LogP contribution in [0.4, 0.5) is 11.4 Å². The number of carbonyl (C=O) groups is 16. The van der Waals surface area contributed by atoms with Gasteiger partial charge in [0.25, 0.3) is 5.91 Å². The van der Waals surface area contributed by atoms with Crippen molar-refractivity contribution in [2.45, 2.75) is 189 Å². The van der Waals surface area contributed by atoms with Crippen molar-refractivity contribution in [2.75, 3.05) is 71.0 Å². The van der Waals surface area contributed by atoms with Crippen LogP contribution in [0, 0.1) is 107 Å². The quantitative estimate of drug-likeness (QED) is 0.00582. The maximum absolute atomic E-state index is 14.9. The van der Waals surface area contributed by atoms with E-state index in [1.54, 1.807) is 102 Å². The molecule has 0 radical (unpaired) electrons. The fourth-order valence-electron chi connectivity index (χ4n) is 16.5. The number of nitrogens with one attached hydrogen (secondary N) is 1. The van der Waals surface area contributed by atoms with Gasteiger partial charge in [0.2, 0.25) is 0 Å². The summed E-state index contributed by atoms with van der Waals surface area (Å²) < 4.78 is 26.4. The number of esters is 7. The summed E-state index contributed by atoms with van der Waals surface area (Å²) in [6.07, 6.45) is -0.518. The molecular weight excluding hydrogens is 1840 g/mol. The Morgan fingerprint density at radius 2 is 0.750 bits per heavy atom. The molecule has 0 aromatic heterocycles. The number of amides is 1. The summed E-state index contributed by atoms with van der Waals surface area (Å²) in [6.45, 7) is 33.8. The summed E-state index contributed by atoms with van der Waals surface area (Å²) >= 11 is 0. The number of hydrogen-bond donors (Lipinski definition) is 4. The van der Waals surface area contributed by atoms with Crippen molar-refractivity contribution in [3.8, 4) is 11.5 Å². The average molecular weight is 1980 g/mol. The molecule has 140 heavy (non-hydrogen) atoms. The predicted molar refractivity (Wildman–Crippen MR) is 504 cm³/mol. The number of nitrogens with zero attached hydrogens (tertiary/aromatic N) is 2. The van der Waals surface area contributed by atoms with Crippen molar-refractivity contribution in [1.29, 1.82) is 0 Å². The minimum atomic E-state index is -2.03. The number of phenolic OH excluding ortho intramolecular Hbond substituents is 1. The molecule has 35 heteroatoms. The third-order valence-corrected chi connectivity index (χ3v) is 24.6. The molecule has 1 amide bonds. The smallest absolute Gasteiger partial charge is 0.870 e. The molecular formula is C105H138N3Na4O28-. The van der Waals surface area contributed by atoms with Crippen LogP contribution in [-0.2, 0) is 66.9 Å². The first-order chi connectivity index (χ1) is 63.0. The van der Waals surface area contributed by atoms with E-state index >= 15 is 0 Å². The number of aromatic hydroxyl groups is 1. The Balaban J connectivity index is -0.00000263. The van der Waals surface area contributed by atoms with E-state index in [0.717, 1.165) is 28.9 Å². The third-order valence-electron chi connectivity index (χ3n) is 24.6. The molecule has 2 aliphatic rings. The molecule has 2 fully saturated rings. The summed E-state index contributed by atoms with van der Waals surface area (Å²) in [7, 11) is 7.57. The van der Waals surface area contributed by atoms with Gasteiger partial charge in [0.1, 0.15) is 18.1 Å². The first kappa shape index (κ1) is 136. The minimum absolute atomic E-state index is 0. The number of aliphatic hydroxyl groups is 2. The van der Waals surface area contributed by atoms with Crippen molar-refractivity contribution in [1.82, 2.24) is 5.32 Å². The SMILES string of the molecule is CCC(C)(C)C1C(=O)OC(=O)C1C.CCO.CCOC(=O)C(C(CC(C)(C)C1C(=O)OC(=O)C1C)C(=O)[O-])C(C)(C)CC(C(=O)[O-])C(C(=O)OCCNC(=O)c1ccc(N(C)C)cc1)C(C)(C)CC(C(=O)[O-])C(C(=O)Oc1ccc(C(=O)CC(=O)c2ccc(C)cc2)cc1)C(C)(C)CC.CN(C)c1ccc(C(=O)CCCO)cc1.Cc1ccc(C(=O)CC(=O)c2ccc(O)cc2)cc1.[CH2-]C.[Na+].[Na+].[Na+].[Na+].[OH-]. The summed E-state index contributed by atoms with van der Waals surface area (Å²) in [5.74, 6) is -26.8. The Labute approximate surface area is 912 Å². The molecule has 10 unspecified atom stereocenters. The number of rotatable bonds is 42. The summed E-state index contributed by atoms with van der Waals surface area (Å²) in [6, 6.07) is 39.1. The Kier molecular flexibility index (Phi) is 61.6.